The molecule has 0 heterocycles. The number of hydrogen-bond acceptors (Lipinski definition) is 3. The molecule has 0 spiro atoms. The molecule has 0 bridgehead atoms. The van der Waals surface area contributed by atoms with E-state index < -0.39 is 5.60 Å². The monoisotopic (exact) mass is 392 g/mol. The Balaban J connectivity index is 1.68. The van der Waals surface area contributed by atoms with E-state index in [1.165, 1.54) is 19.3 Å². The minimum Gasteiger partial charge on any atom is -0.393 e. The summed E-state index contributed by atoms with van der Waals surface area (Å²) in [5.74, 6) is 2.98. The molecule has 4 rings (SSSR count). The zero-order chi connectivity index (χ0) is 20.6. The van der Waals surface area contributed by atoms with E-state index in [9.17, 15) is 15.3 Å². The second kappa shape index (κ2) is 6.69. The summed E-state index contributed by atoms with van der Waals surface area (Å²) < 4.78 is 0. The van der Waals surface area contributed by atoms with E-state index in [1.807, 2.05) is 13.8 Å². The van der Waals surface area contributed by atoms with Crippen molar-refractivity contribution in [2.75, 3.05) is 0 Å². The number of hydrogen-bond donors (Lipinski definition) is 3. The Morgan fingerprint density at radius 2 is 1.64 bits per heavy atom. The Morgan fingerprint density at radius 3 is 2.29 bits per heavy atom. The average molecular weight is 393 g/mol. The fourth-order valence-corrected chi connectivity index (χ4v) is 8.75. The van der Waals surface area contributed by atoms with Crippen molar-refractivity contribution in [3.05, 3.63) is 0 Å². The van der Waals surface area contributed by atoms with Gasteiger partial charge >= 0.3 is 0 Å². The fraction of sp³-hybridized carbons (Fsp3) is 1.00. The molecule has 162 valence electrons. The second-order valence-corrected chi connectivity index (χ2v) is 12.4. The predicted octanol–water partition coefficient (Wildman–Crippen LogP) is 4.63. The second-order valence-electron chi connectivity index (χ2n) is 12.4. The maximum atomic E-state index is 11.5. The summed E-state index contributed by atoms with van der Waals surface area (Å²) in [5.41, 5.74) is -0.647. The first kappa shape index (κ1) is 21.1. The van der Waals surface area contributed by atoms with Gasteiger partial charge in [0.1, 0.15) is 0 Å². The van der Waals surface area contributed by atoms with Crippen molar-refractivity contribution in [1.82, 2.24) is 0 Å². The van der Waals surface area contributed by atoms with Crippen molar-refractivity contribution in [3.63, 3.8) is 0 Å². The van der Waals surface area contributed by atoms with E-state index in [-0.39, 0.29) is 29.0 Å². The normalized spacial score (nSPS) is 55.2. The summed E-state index contributed by atoms with van der Waals surface area (Å²) in [5, 5.41) is 33.6. The molecule has 0 aromatic carbocycles. The van der Waals surface area contributed by atoms with E-state index >= 15 is 0 Å². The summed E-state index contributed by atoms with van der Waals surface area (Å²) in [7, 11) is 0. The first-order chi connectivity index (χ1) is 12.9. The van der Waals surface area contributed by atoms with Gasteiger partial charge in [0, 0.05) is 0 Å². The van der Waals surface area contributed by atoms with E-state index in [0.29, 0.717) is 29.6 Å². The fourth-order valence-electron chi connectivity index (χ4n) is 8.75. The molecule has 3 nitrogen and oxygen atoms in total. The highest BCUT2D eigenvalue weighted by atomic mass is 16.3. The minimum absolute atomic E-state index is 0.147. The van der Waals surface area contributed by atoms with Crippen LogP contribution < -0.4 is 0 Å². The van der Waals surface area contributed by atoms with E-state index in [4.69, 9.17) is 0 Å². The molecule has 11 unspecified atom stereocenters. The molecule has 28 heavy (non-hydrogen) atoms. The molecule has 0 radical (unpaired) electrons. The third-order valence-corrected chi connectivity index (χ3v) is 10.8. The van der Waals surface area contributed by atoms with Crippen LogP contribution in [-0.4, -0.2) is 33.1 Å². The Bertz CT molecular complexity index is 597. The summed E-state index contributed by atoms with van der Waals surface area (Å²) in [4.78, 5) is 0. The summed E-state index contributed by atoms with van der Waals surface area (Å²) in [6.07, 6.45) is 7.20. The molecular formula is C25H44O3. The van der Waals surface area contributed by atoms with Gasteiger partial charge in [-0.15, -0.1) is 0 Å². The molecule has 0 aromatic heterocycles. The van der Waals surface area contributed by atoms with Crippen LogP contribution in [0.5, 0.6) is 0 Å². The topological polar surface area (TPSA) is 60.7 Å². The van der Waals surface area contributed by atoms with Crippen molar-refractivity contribution in [3.8, 4) is 0 Å². The van der Waals surface area contributed by atoms with Crippen molar-refractivity contribution in [1.29, 1.82) is 0 Å². The molecule has 4 saturated carbocycles. The van der Waals surface area contributed by atoms with Crippen LogP contribution >= 0.6 is 0 Å². The number of fused-ring (bicyclic) bond motifs is 5. The maximum Gasteiger partial charge on any atom is 0.0620 e. The lowest BCUT2D eigenvalue weighted by atomic mass is 9.42. The van der Waals surface area contributed by atoms with Crippen LogP contribution in [0, 0.1) is 52.3 Å². The van der Waals surface area contributed by atoms with Crippen LogP contribution in [0.4, 0.5) is 0 Å². The Morgan fingerprint density at radius 1 is 0.964 bits per heavy atom. The number of aliphatic hydroxyl groups excluding tert-OH is 2. The average Bonchev–Trinajstić information content (AvgIpc) is 2.94. The van der Waals surface area contributed by atoms with Crippen molar-refractivity contribution in [2.45, 2.75) is 104 Å². The van der Waals surface area contributed by atoms with Crippen molar-refractivity contribution in [2.24, 2.45) is 52.3 Å². The molecule has 11 atom stereocenters. The molecule has 0 amide bonds. The Kier molecular flexibility index (Phi) is 5.05. The molecule has 4 aliphatic carbocycles. The first-order valence-corrected chi connectivity index (χ1v) is 12.0. The van der Waals surface area contributed by atoms with Crippen LogP contribution in [0.15, 0.2) is 0 Å². The predicted molar refractivity (Wildman–Crippen MR) is 113 cm³/mol. The van der Waals surface area contributed by atoms with Crippen molar-refractivity contribution >= 4 is 0 Å². The molecule has 4 aliphatic rings. The molecule has 3 N–H and O–H groups in total. The van der Waals surface area contributed by atoms with Gasteiger partial charge in [-0.25, -0.2) is 0 Å². The van der Waals surface area contributed by atoms with Gasteiger partial charge in [-0.1, -0.05) is 34.1 Å². The zero-order valence-electron chi connectivity index (χ0n) is 19.0. The molecule has 0 saturated heterocycles. The highest BCUT2D eigenvalue weighted by molar-refractivity contribution is 5.14. The smallest absolute Gasteiger partial charge is 0.0620 e. The number of rotatable bonds is 2. The lowest BCUT2D eigenvalue weighted by Crippen LogP contribution is -2.62. The molecule has 0 aliphatic heterocycles. The summed E-state index contributed by atoms with van der Waals surface area (Å²) in [6, 6.07) is 0. The van der Waals surface area contributed by atoms with E-state index in [2.05, 4.69) is 27.7 Å². The van der Waals surface area contributed by atoms with Gasteiger partial charge in [-0.3, -0.25) is 0 Å². The molecule has 0 aromatic rings. The molecular weight excluding hydrogens is 348 g/mol. The third kappa shape index (κ3) is 2.86. The van der Waals surface area contributed by atoms with Crippen LogP contribution in [0.2, 0.25) is 0 Å². The Labute approximate surface area is 172 Å². The number of aliphatic hydroxyl groups is 3. The van der Waals surface area contributed by atoms with Crippen LogP contribution in [0.1, 0.15) is 86.5 Å². The Hall–Kier alpha value is -0.120. The highest BCUT2D eigenvalue weighted by Crippen LogP contribution is 2.68. The van der Waals surface area contributed by atoms with Gasteiger partial charge < -0.3 is 15.3 Å². The standard InChI is InChI=1S/C25H44O3/c1-14-9-10-24(5)16(11-14)12-20(26)22-18-8-7-17(15(2)23(3,4)28)25(18,6)21(27)13-19(22)24/h14-22,26-28H,7-13H2,1-6H3. The minimum atomic E-state index is -0.735. The van der Waals surface area contributed by atoms with Gasteiger partial charge in [-0.05, 0) is 105 Å². The van der Waals surface area contributed by atoms with Gasteiger partial charge in [0.15, 0.2) is 0 Å². The maximum absolute atomic E-state index is 11.5. The lowest BCUT2D eigenvalue weighted by molar-refractivity contribution is -0.207. The van der Waals surface area contributed by atoms with E-state index in [0.717, 1.165) is 31.6 Å². The third-order valence-electron chi connectivity index (χ3n) is 10.8. The van der Waals surface area contributed by atoms with Gasteiger partial charge in [0.2, 0.25) is 0 Å². The largest absolute Gasteiger partial charge is 0.393 e. The zero-order valence-corrected chi connectivity index (χ0v) is 19.0. The SMILES string of the molecule is CC1CCC2(C)C(C1)CC(O)C1C2CC(O)C2(C)C1CCC2C(C)C(C)(C)O. The van der Waals surface area contributed by atoms with E-state index in [1.54, 1.807) is 0 Å². The highest BCUT2D eigenvalue weighted by Gasteiger charge is 2.66. The summed E-state index contributed by atoms with van der Waals surface area (Å²) >= 11 is 0. The van der Waals surface area contributed by atoms with Crippen LogP contribution in [0.3, 0.4) is 0 Å². The quantitative estimate of drug-likeness (QED) is 0.642. The van der Waals surface area contributed by atoms with Crippen LogP contribution in [0.25, 0.3) is 0 Å². The van der Waals surface area contributed by atoms with Crippen LogP contribution in [-0.2, 0) is 0 Å². The molecule has 4 fully saturated rings. The first-order valence-electron chi connectivity index (χ1n) is 12.0. The molecule has 3 heteroatoms. The van der Waals surface area contributed by atoms with Gasteiger partial charge in [0.05, 0.1) is 17.8 Å². The summed E-state index contributed by atoms with van der Waals surface area (Å²) in [6.45, 7) is 13.1. The van der Waals surface area contributed by atoms with Gasteiger partial charge in [-0.2, -0.15) is 0 Å². The van der Waals surface area contributed by atoms with Crippen molar-refractivity contribution < 1.29 is 15.3 Å². The van der Waals surface area contributed by atoms with Gasteiger partial charge in [0.25, 0.3) is 0 Å². The lowest BCUT2D eigenvalue weighted by Gasteiger charge is -2.64.